The number of nitro groups is 1. The Bertz CT molecular complexity index is 930. The van der Waals surface area contributed by atoms with Crippen molar-refractivity contribution in [3.8, 4) is 11.3 Å². The zero-order valence-electron chi connectivity index (χ0n) is 12.7. The van der Waals surface area contributed by atoms with E-state index in [1.165, 1.54) is 30.5 Å². The molecule has 25 heavy (non-hydrogen) atoms. The van der Waals surface area contributed by atoms with E-state index in [0.717, 1.165) is 5.56 Å². The summed E-state index contributed by atoms with van der Waals surface area (Å²) in [6.45, 7) is 0. The van der Waals surface area contributed by atoms with Crippen molar-refractivity contribution in [3.63, 3.8) is 0 Å². The molecule has 0 radical (unpaired) electrons. The molecule has 0 saturated carbocycles. The van der Waals surface area contributed by atoms with Crippen LogP contribution in [0.4, 0.5) is 11.5 Å². The first-order valence-corrected chi connectivity index (χ1v) is 7.56. The Morgan fingerprint density at radius 3 is 2.48 bits per heavy atom. The molecule has 7 nitrogen and oxygen atoms in total. The Kier molecular flexibility index (Phi) is 4.67. The molecule has 0 unspecified atom stereocenters. The molecule has 1 amide bonds. The van der Waals surface area contributed by atoms with Crippen LogP contribution in [0.5, 0.6) is 0 Å². The van der Waals surface area contributed by atoms with Crippen LogP contribution in [0.1, 0.15) is 10.4 Å². The van der Waals surface area contributed by atoms with Crippen molar-refractivity contribution in [1.29, 1.82) is 0 Å². The lowest BCUT2D eigenvalue weighted by molar-refractivity contribution is -0.384. The van der Waals surface area contributed by atoms with Crippen molar-refractivity contribution in [2.24, 2.45) is 0 Å². The number of carbonyl (C=O) groups excluding carboxylic acids is 1. The number of halogens is 1. The van der Waals surface area contributed by atoms with Crippen LogP contribution in [0.2, 0.25) is 5.15 Å². The summed E-state index contributed by atoms with van der Waals surface area (Å²) in [6.07, 6.45) is 1.28. The van der Waals surface area contributed by atoms with E-state index >= 15 is 0 Å². The lowest BCUT2D eigenvalue weighted by Crippen LogP contribution is -2.14. The van der Waals surface area contributed by atoms with Gasteiger partial charge in [0.25, 0.3) is 5.91 Å². The van der Waals surface area contributed by atoms with Gasteiger partial charge < -0.3 is 5.32 Å². The van der Waals surface area contributed by atoms with Gasteiger partial charge in [-0.15, -0.1) is 0 Å². The number of hydrogen-bond donors (Lipinski definition) is 1. The van der Waals surface area contributed by atoms with E-state index in [9.17, 15) is 14.9 Å². The SMILES string of the molecule is O=C(Nc1nc(-c2ccccc2)ccc1[N+](=O)[O-])c1ccc(Cl)nc1. The first kappa shape index (κ1) is 16.5. The Balaban J connectivity index is 1.96. The minimum absolute atomic E-state index is 0.133. The van der Waals surface area contributed by atoms with Crippen LogP contribution in [-0.2, 0) is 0 Å². The van der Waals surface area contributed by atoms with Crippen LogP contribution in [0.15, 0.2) is 60.8 Å². The van der Waals surface area contributed by atoms with Crippen LogP contribution < -0.4 is 5.32 Å². The van der Waals surface area contributed by atoms with Crippen molar-refractivity contribution in [2.75, 3.05) is 5.32 Å². The summed E-state index contributed by atoms with van der Waals surface area (Å²) in [4.78, 5) is 31.0. The van der Waals surface area contributed by atoms with Crippen molar-refractivity contribution in [1.82, 2.24) is 9.97 Å². The van der Waals surface area contributed by atoms with E-state index in [-0.39, 0.29) is 22.2 Å². The zero-order chi connectivity index (χ0) is 17.8. The maximum atomic E-state index is 12.3. The van der Waals surface area contributed by atoms with Crippen LogP contribution in [0.3, 0.4) is 0 Å². The summed E-state index contributed by atoms with van der Waals surface area (Å²) < 4.78 is 0. The Hall–Kier alpha value is -3.32. The van der Waals surface area contributed by atoms with Crippen molar-refractivity contribution < 1.29 is 9.72 Å². The number of hydrogen-bond acceptors (Lipinski definition) is 5. The smallest absolute Gasteiger partial charge is 0.301 e. The minimum Gasteiger partial charge on any atom is -0.301 e. The number of aromatic nitrogens is 2. The third-order valence-electron chi connectivity index (χ3n) is 3.36. The van der Waals surface area contributed by atoms with Crippen LogP contribution in [0.25, 0.3) is 11.3 Å². The zero-order valence-corrected chi connectivity index (χ0v) is 13.5. The number of nitrogens with zero attached hydrogens (tertiary/aromatic N) is 3. The molecule has 0 aliphatic rings. The lowest BCUT2D eigenvalue weighted by Gasteiger charge is -2.08. The van der Waals surface area contributed by atoms with Gasteiger partial charge in [0.05, 0.1) is 16.2 Å². The highest BCUT2D eigenvalue weighted by molar-refractivity contribution is 6.29. The van der Waals surface area contributed by atoms with E-state index in [1.807, 2.05) is 30.3 Å². The summed E-state index contributed by atoms with van der Waals surface area (Å²) in [7, 11) is 0. The predicted molar refractivity (Wildman–Crippen MR) is 93.5 cm³/mol. The second kappa shape index (κ2) is 7.06. The van der Waals surface area contributed by atoms with E-state index in [1.54, 1.807) is 0 Å². The number of carbonyl (C=O) groups is 1. The summed E-state index contributed by atoms with van der Waals surface area (Å²) in [5.74, 6) is -0.698. The van der Waals surface area contributed by atoms with Crippen molar-refractivity contribution >= 4 is 29.0 Å². The standard InChI is InChI=1S/C17H11ClN4O3/c18-15-9-6-12(10-19-15)17(23)21-16-14(22(24)25)8-7-13(20-16)11-4-2-1-3-5-11/h1-10H,(H,20,21,23). The molecule has 1 N–H and O–H groups in total. The molecule has 0 saturated heterocycles. The molecule has 3 rings (SSSR count). The molecule has 0 bridgehead atoms. The second-order valence-electron chi connectivity index (χ2n) is 5.01. The largest absolute Gasteiger partial charge is 0.311 e. The maximum absolute atomic E-state index is 12.3. The Morgan fingerprint density at radius 1 is 1.08 bits per heavy atom. The van der Waals surface area contributed by atoms with Crippen LogP contribution in [-0.4, -0.2) is 20.8 Å². The molecular formula is C17H11ClN4O3. The molecule has 2 aromatic heterocycles. The maximum Gasteiger partial charge on any atom is 0.311 e. The summed E-state index contributed by atoms with van der Waals surface area (Å²) in [6, 6.07) is 14.9. The van der Waals surface area contributed by atoms with Gasteiger partial charge in [0.2, 0.25) is 5.82 Å². The van der Waals surface area contributed by atoms with Crippen LogP contribution in [0, 0.1) is 10.1 Å². The van der Waals surface area contributed by atoms with Gasteiger partial charge in [-0.25, -0.2) is 9.97 Å². The number of benzene rings is 1. The molecule has 0 spiro atoms. The predicted octanol–water partition coefficient (Wildman–Crippen LogP) is 3.96. The van der Waals surface area contributed by atoms with Gasteiger partial charge in [-0.3, -0.25) is 14.9 Å². The van der Waals surface area contributed by atoms with Gasteiger partial charge >= 0.3 is 5.69 Å². The third kappa shape index (κ3) is 3.78. The highest BCUT2D eigenvalue weighted by atomic mass is 35.5. The number of nitrogens with one attached hydrogen (secondary N) is 1. The van der Waals surface area contributed by atoms with E-state index in [4.69, 9.17) is 11.6 Å². The monoisotopic (exact) mass is 354 g/mol. The fourth-order valence-electron chi connectivity index (χ4n) is 2.15. The Morgan fingerprint density at radius 2 is 1.84 bits per heavy atom. The molecule has 0 aliphatic carbocycles. The fraction of sp³-hybridized carbons (Fsp3) is 0. The van der Waals surface area contributed by atoms with E-state index < -0.39 is 10.8 Å². The molecule has 1 aromatic carbocycles. The average molecular weight is 355 g/mol. The summed E-state index contributed by atoms with van der Waals surface area (Å²) in [5, 5.41) is 13.9. The fourth-order valence-corrected chi connectivity index (χ4v) is 2.26. The second-order valence-corrected chi connectivity index (χ2v) is 5.40. The van der Waals surface area contributed by atoms with Crippen molar-refractivity contribution in [3.05, 3.63) is 81.6 Å². The van der Waals surface area contributed by atoms with Crippen molar-refractivity contribution in [2.45, 2.75) is 0 Å². The molecule has 0 fully saturated rings. The topological polar surface area (TPSA) is 98.0 Å². The van der Waals surface area contributed by atoms with E-state index in [2.05, 4.69) is 15.3 Å². The average Bonchev–Trinajstić information content (AvgIpc) is 2.62. The quantitative estimate of drug-likeness (QED) is 0.434. The third-order valence-corrected chi connectivity index (χ3v) is 3.59. The molecule has 124 valence electrons. The van der Waals surface area contributed by atoms with Gasteiger partial charge in [0.1, 0.15) is 5.15 Å². The van der Waals surface area contributed by atoms with Gasteiger partial charge in [-0.2, -0.15) is 0 Å². The highest BCUT2D eigenvalue weighted by Gasteiger charge is 2.19. The molecule has 3 aromatic rings. The van der Waals surface area contributed by atoms with Gasteiger partial charge in [0.15, 0.2) is 0 Å². The molecular weight excluding hydrogens is 344 g/mol. The molecule has 0 aliphatic heterocycles. The normalized spacial score (nSPS) is 10.3. The summed E-state index contributed by atoms with van der Waals surface area (Å²) >= 11 is 5.69. The lowest BCUT2D eigenvalue weighted by atomic mass is 10.1. The first-order valence-electron chi connectivity index (χ1n) is 7.18. The van der Waals surface area contributed by atoms with E-state index in [0.29, 0.717) is 5.69 Å². The molecule has 0 atom stereocenters. The number of anilines is 1. The molecule has 2 heterocycles. The number of rotatable bonds is 4. The first-order chi connectivity index (χ1) is 12.0. The number of pyridine rings is 2. The van der Waals surface area contributed by atoms with Gasteiger partial charge in [0, 0.05) is 17.8 Å². The highest BCUT2D eigenvalue weighted by Crippen LogP contribution is 2.27. The van der Waals surface area contributed by atoms with Crippen LogP contribution >= 0.6 is 11.6 Å². The van der Waals surface area contributed by atoms with Gasteiger partial charge in [-0.1, -0.05) is 41.9 Å². The van der Waals surface area contributed by atoms with Gasteiger partial charge in [-0.05, 0) is 18.2 Å². The minimum atomic E-state index is -0.600. The molecule has 8 heteroatoms. The number of amides is 1. The Labute approximate surface area is 147 Å². The summed E-state index contributed by atoms with van der Waals surface area (Å²) in [5.41, 5.74) is 1.21.